The van der Waals surface area contributed by atoms with Gasteiger partial charge in [0, 0.05) is 6.04 Å². The topological polar surface area (TPSA) is 32.3 Å². The molecule has 1 saturated heterocycles. The molecule has 1 aliphatic heterocycles. The minimum atomic E-state index is -0.330. The van der Waals surface area contributed by atoms with Crippen LogP contribution in [0.2, 0.25) is 0 Å². The van der Waals surface area contributed by atoms with Gasteiger partial charge in [0.25, 0.3) is 0 Å². The average Bonchev–Trinajstić information content (AvgIpc) is 2.64. The summed E-state index contributed by atoms with van der Waals surface area (Å²) in [6.45, 7) is 8.72. The number of carbonyl (C=O) groups excluding carboxylic acids is 1. The van der Waals surface area contributed by atoms with Gasteiger partial charge in [0.15, 0.2) is 0 Å². The molecular weight excluding hydrogens is 236 g/mol. The van der Waals surface area contributed by atoms with Gasteiger partial charge < -0.3 is 4.90 Å². The van der Waals surface area contributed by atoms with Crippen LogP contribution in [-0.2, 0) is 4.79 Å². The van der Waals surface area contributed by atoms with Gasteiger partial charge in [-0.3, -0.25) is 10.1 Å². The van der Waals surface area contributed by atoms with Crippen molar-refractivity contribution >= 4 is 5.91 Å². The maximum atomic E-state index is 12.8. The number of carbonyl (C=O) groups is 1. The monoisotopic (exact) mass is 266 g/mol. The molecule has 0 bridgehead atoms. The second-order valence-corrected chi connectivity index (χ2v) is 6.76. The van der Waals surface area contributed by atoms with Crippen LogP contribution in [0.1, 0.15) is 72.6 Å². The van der Waals surface area contributed by atoms with Crippen LogP contribution in [0.15, 0.2) is 0 Å². The number of nitrogens with zero attached hydrogens (tertiary/aromatic N) is 1. The third-order valence-electron chi connectivity index (χ3n) is 5.18. The second-order valence-electron chi connectivity index (χ2n) is 6.76. The van der Waals surface area contributed by atoms with Crippen LogP contribution in [0.3, 0.4) is 0 Å². The van der Waals surface area contributed by atoms with Crippen molar-refractivity contribution in [2.24, 2.45) is 5.92 Å². The third-order valence-corrected chi connectivity index (χ3v) is 5.18. The van der Waals surface area contributed by atoms with E-state index in [1.807, 2.05) is 0 Å². The molecule has 2 atom stereocenters. The fourth-order valence-corrected chi connectivity index (χ4v) is 3.60. The van der Waals surface area contributed by atoms with E-state index in [9.17, 15) is 4.79 Å². The molecule has 1 aliphatic carbocycles. The molecule has 2 aliphatic rings. The van der Waals surface area contributed by atoms with E-state index in [0.717, 1.165) is 25.2 Å². The van der Waals surface area contributed by atoms with Crippen molar-refractivity contribution in [2.75, 3.05) is 0 Å². The number of amides is 1. The number of hydrogen-bond donors (Lipinski definition) is 1. The van der Waals surface area contributed by atoms with E-state index in [1.54, 1.807) is 0 Å². The zero-order valence-electron chi connectivity index (χ0n) is 13.0. The maximum absolute atomic E-state index is 12.8. The maximum Gasteiger partial charge on any atom is 0.244 e. The van der Waals surface area contributed by atoms with Crippen LogP contribution in [-0.4, -0.2) is 28.6 Å². The van der Waals surface area contributed by atoms with Gasteiger partial charge in [0.1, 0.15) is 0 Å². The minimum absolute atomic E-state index is 0.265. The van der Waals surface area contributed by atoms with Crippen LogP contribution in [0.5, 0.6) is 0 Å². The minimum Gasteiger partial charge on any atom is -0.323 e. The van der Waals surface area contributed by atoms with E-state index in [4.69, 9.17) is 0 Å². The van der Waals surface area contributed by atoms with Crippen molar-refractivity contribution in [1.29, 1.82) is 0 Å². The highest BCUT2D eigenvalue weighted by Crippen LogP contribution is 2.34. The van der Waals surface area contributed by atoms with Gasteiger partial charge in [-0.15, -0.1) is 0 Å². The van der Waals surface area contributed by atoms with E-state index in [2.05, 4.69) is 37.9 Å². The van der Waals surface area contributed by atoms with Crippen molar-refractivity contribution in [3.8, 4) is 0 Å². The molecule has 19 heavy (non-hydrogen) atoms. The van der Waals surface area contributed by atoms with Gasteiger partial charge in [0.05, 0.1) is 11.7 Å². The third kappa shape index (κ3) is 2.81. The standard InChI is InChI=1S/C16H30N2O/c1-5-7-14-17-16(4,6-2)15(19)18(14)13-10-8-12(3)9-11-13/h12-14,17H,5-11H2,1-4H3. The first kappa shape index (κ1) is 14.8. The summed E-state index contributed by atoms with van der Waals surface area (Å²) in [5.74, 6) is 1.18. The van der Waals surface area contributed by atoms with Crippen LogP contribution in [0, 0.1) is 5.92 Å². The Hall–Kier alpha value is -0.570. The quantitative estimate of drug-likeness (QED) is 0.847. The molecule has 1 saturated carbocycles. The first-order valence-electron chi connectivity index (χ1n) is 8.12. The smallest absolute Gasteiger partial charge is 0.244 e. The molecule has 3 nitrogen and oxygen atoms in total. The zero-order valence-corrected chi connectivity index (χ0v) is 13.0. The molecule has 0 aromatic heterocycles. The van der Waals surface area contributed by atoms with Crippen LogP contribution >= 0.6 is 0 Å². The Morgan fingerprint density at radius 1 is 1.26 bits per heavy atom. The first-order valence-corrected chi connectivity index (χ1v) is 8.12. The summed E-state index contributed by atoms with van der Waals surface area (Å²) in [5, 5.41) is 3.60. The molecule has 2 rings (SSSR count). The Labute approximate surface area is 118 Å². The Morgan fingerprint density at radius 3 is 2.42 bits per heavy atom. The van der Waals surface area contributed by atoms with E-state index in [-0.39, 0.29) is 11.7 Å². The average molecular weight is 266 g/mol. The molecule has 110 valence electrons. The highest BCUT2D eigenvalue weighted by atomic mass is 16.2. The molecule has 0 aromatic carbocycles. The first-order chi connectivity index (χ1) is 9.01. The lowest BCUT2D eigenvalue weighted by atomic mass is 9.86. The number of hydrogen-bond acceptors (Lipinski definition) is 2. The van der Waals surface area contributed by atoms with Crippen molar-refractivity contribution in [3.63, 3.8) is 0 Å². The lowest BCUT2D eigenvalue weighted by Gasteiger charge is -2.37. The van der Waals surface area contributed by atoms with Gasteiger partial charge in [0.2, 0.25) is 5.91 Å². The number of nitrogens with one attached hydrogen (secondary N) is 1. The largest absolute Gasteiger partial charge is 0.323 e. The highest BCUT2D eigenvalue weighted by molar-refractivity contribution is 5.88. The summed E-state index contributed by atoms with van der Waals surface area (Å²) in [5.41, 5.74) is -0.330. The van der Waals surface area contributed by atoms with E-state index < -0.39 is 0 Å². The van der Waals surface area contributed by atoms with Crippen molar-refractivity contribution in [2.45, 2.75) is 90.4 Å². The fraction of sp³-hybridized carbons (Fsp3) is 0.938. The van der Waals surface area contributed by atoms with Gasteiger partial charge >= 0.3 is 0 Å². The summed E-state index contributed by atoms with van der Waals surface area (Å²) in [6, 6.07) is 0.473. The molecule has 0 aromatic rings. The van der Waals surface area contributed by atoms with Gasteiger partial charge in [-0.25, -0.2) is 0 Å². The molecule has 1 heterocycles. The highest BCUT2D eigenvalue weighted by Gasteiger charge is 2.48. The predicted molar refractivity (Wildman–Crippen MR) is 78.8 cm³/mol. The Balaban J connectivity index is 2.13. The lowest BCUT2D eigenvalue weighted by Crippen LogP contribution is -2.46. The van der Waals surface area contributed by atoms with E-state index in [1.165, 1.54) is 25.7 Å². The second kappa shape index (κ2) is 5.82. The van der Waals surface area contributed by atoms with Gasteiger partial charge in [-0.05, 0) is 51.4 Å². The zero-order chi connectivity index (χ0) is 14.0. The van der Waals surface area contributed by atoms with Crippen molar-refractivity contribution in [3.05, 3.63) is 0 Å². The van der Waals surface area contributed by atoms with E-state index in [0.29, 0.717) is 11.9 Å². The van der Waals surface area contributed by atoms with Crippen molar-refractivity contribution < 1.29 is 4.79 Å². The molecule has 2 unspecified atom stereocenters. The van der Waals surface area contributed by atoms with Crippen molar-refractivity contribution in [1.82, 2.24) is 10.2 Å². The summed E-state index contributed by atoms with van der Waals surface area (Å²) in [7, 11) is 0. The molecule has 2 fully saturated rings. The molecule has 0 spiro atoms. The summed E-state index contributed by atoms with van der Waals surface area (Å²) in [6.07, 6.45) is 8.28. The molecule has 0 radical (unpaired) electrons. The SMILES string of the molecule is CCCC1NC(C)(CC)C(=O)N1C1CCC(C)CC1. The Bertz CT molecular complexity index is 323. The van der Waals surface area contributed by atoms with Crippen LogP contribution < -0.4 is 5.32 Å². The fourth-order valence-electron chi connectivity index (χ4n) is 3.60. The molecule has 1 N–H and O–H groups in total. The predicted octanol–water partition coefficient (Wildman–Crippen LogP) is 3.29. The lowest BCUT2D eigenvalue weighted by molar-refractivity contribution is -0.136. The Kier molecular flexibility index (Phi) is 4.54. The van der Waals surface area contributed by atoms with Gasteiger partial charge in [-0.1, -0.05) is 27.2 Å². The van der Waals surface area contributed by atoms with E-state index >= 15 is 0 Å². The molecule has 3 heteroatoms. The molecule has 1 amide bonds. The summed E-state index contributed by atoms with van der Waals surface area (Å²) >= 11 is 0. The summed E-state index contributed by atoms with van der Waals surface area (Å²) < 4.78 is 0. The van der Waals surface area contributed by atoms with Crippen LogP contribution in [0.4, 0.5) is 0 Å². The Morgan fingerprint density at radius 2 is 1.89 bits per heavy atom. The normalized spacial score (nSPS) is 39.9. The number of rotatable bonds is 4. The van der Waals surface area contributed by atoms with Gasteiger partial charge in [-0.2, -0.15) is 0 Å². The van der Waals surface area contributed by atoms with Crippen LogP contribution in [0.25, 0.3) is 0 Å². The molecular formula is C16H30N2O. The summed E-state index contributed by atoms with van der Waals surface area (Å²) in [4.78, 5) is 15.0.